The van der Waals surface area contributed by atoms with Crippen molar-refractivity contribution in [3.05, 3.63) is 34.9 Å². The molecule has 0 N–H and O–H groups in total. The van der Waals surface area contributed by atoms with Gasteiger partial charge in [-0.2, -0.15) is 0 Å². The number of unbranched alkanes of at least 4 members (excludes halogenated alkanes) is 14. The highest BCUT2D eigenvalue weighted by Crippen LogP contribution is 2.55. The number of esters is 4. The van der Waals surface area contributed by atoms with Crippen LogP contribution in [-0.2, 0) is 33.4 Å². The molecule has 0 saturated carbocycles. The molecule has 2 aliphatic heterocycles. The molecule has 3 aliphatic rings. The fourth-order valence-electron chi connectivity index (χ4n) is 7.34. The zero-order valence-corrected chi connectivity index (χ0v) is 25.5. The summed E-state index contributed by atoms with van der Waals surface area (Å²) in [6.45, 7) is 4.13. The molecule has 5 unspecified atom stereocenters. The highest BCUT2D eigenvalue weighted by atomic mass is 16.6. The first-order valence-corrected chi connectivity index (χ1v) is 16.5. The summed E-state index contributed by atoms with van der Waals surface area (Å²) in [5, 5.41) is 0. The maximum atomic E-state index is 13.8. The number of Topliss-reactive ketones (excluding diaryl/α,β-unsaturated/α-hetero) is 1. The quantitative estimate of drug-likeness (QED) is 0.101. The van der Waals surface area contributed by atoms with Gasteiger partial charge in [0.15, 0.2) is 0 Å². The SMILES string of the molecule is CCCCCCCCCCCCCCCCCC(=O)C1C2C(=O)OC(=O)C2c2cc(C)ccc2C1C1CC(=O)OC1=O. The van der Waals surface area contributed by atoms with E-state index in [1.807, 2.05) is 25.1 Å². The lowest BCUT2D eigenvalue weighted by Crippen LogP contribution is -2.43. The third-order valence-electron chi connectivity index (χ3n) is 9.53. The van der Waals surface area contributed by atoms with Gasteiger partial charge in [0.2, 0.25) is 0 Å². The van der Waals surface area contributed by atoms with Crippen LogP contribution >= 0.6 is 0 Å². The largest absolute Gasteiger partial charge is 0.393 e. The number of ketones is 1. The molecule has 1 aromatic carbocycles. The number of aryl methyl sites for hydroxylation is 1. The van der Waals surface area contributed by atoms with Crippen molar-refractivity contribution in [3.8, 4) is 0 Å². The van der Waals surface area contributed by atoms with Crippen LogP contribution in [0.15, 0.2) is 18.2 Å². The Balaban J connectivity index is 1.29. The second kappa shape index (κ2) is 15.6. The molecular weight excluding hydrogens is 532 g/mol. The molecule has 2 heterocycles. The number of rotatable bonds is 18. The summed E-state index contributed by atoms with van der Waals surface area (Å²) in [7, 11) is 0. The average molecular weight is 581 g/mol. The molecule has 5 atom stereocenters. The van der Waals surface area contributed by atoms with Crippen LogP contribution in [0.1, 0.15) is 145 Å². The van der Waals surface area contributed by atoms with Crippen molar-refractivity contribution in [2.45, 2.75) is 135 Å². The van der Waals surface area contributed by atoms with Gasteiger partial charge in [-0.05, 0) is 24.5 Å². The first kappa shape index (κ1) is 32.1. The van der Waals surface area contributed by atoms with Crippen LogP contribution < -0.4 is 0 Å². The van der Waals surface area contributed by atoms with E-state index in [9.17, 15) is 24.0 Å². The molecule has 7 heteroatoms. The highest BCUT2D eigenvalue weighted by molar-refractivity contribution is 6.04. The summed E-state index contributed by atoms with van der Waals surface area (Å²) >= 11 is 0. The van der Waals surface area contributed by atoms with Gasteiger partial charge in [-0.25, -0.2) is 0 Å². The van der Waals surface area contributed by atoms with Gasteiger partial charge >= 0.3 is 23.9 Å². The Bertz CT molecular complexity index is 1140. The third kappa shape index (κ3) is 7.76. The smallest absolute Gasteiger partial charge is 0.321 e. The Morgan fingerprint density at radius 3 is 1.81 bits per heavy atom. The van der Waals surface area contributed by atoms with E-state index >= 15 is 0 Å². The molecular formula is C35H48O7. The van der Waals surface area contributed by atoms with Gasteiger partial charge in [-0.15, -0.1) is 0 Å². The Morgan fingerprint density at radius 2 is 1.26 bits per heavy atom. The zero-order valence-electron chi connectivity index (χ0n) is 25.5. The molecule has 2 saturated heterocycles. The third-order valence-corrected chi connectivity index (χ3v) is 9.53. The number of hydrogen-bond acceptors (Lipinski definition) is 7. The highest BCUT2D eigenvalue weighted by Gasteiger charge is 2.60. The van der Waals surface area contributed by atoms with Crippen LogP contribution in [0.4, 0.5) is 0 Å². The van der Waals surface area contributed by atoms with Crippen molar-refractivity contribution in [2.75, 3.05) is 0 Å². The van der Waals surface area contributed by atoms with Crippen molar-refractivity contribution < 1.29 is 33.4 Å². The number of hydrogen-bond donors (Lipinski definition) is 0. The monoisotopic (exact) mass is 580 g/mol. The van der Waals surface area contributed by atoms with E-state index in [0.29, 0.717) is 17.5 Å². The zero-order chi connectivity index (χ0) is 30.1. The Morgan fingerprint density at radius 1 is 0.690 bits per heavy atom. The molecule has 7 nitrogen and oxygen atoms in total. The number of benzene rings is 1. The minimum atomic E-state index is -0.982. The lowest BCUT2D eigenvalue weighted by atomic mass is 9.59. The molecule has 0 bridgehead atoms. The average Bonchev–Trinajstić information content (AvgIpc) is 3.45. The molecule has 4 rings (SSSR count). The Labute approximate surface area is 250 Å². The first-order chi connectivity index (χ1) is 20.3. The van der Waals surface area contributed by atoms with E-state index < -0.39 is 53.5 Å². The predicted molar refractivity (Wildman–Crippen MR) is 158 cm³/mol. The van der Waals surface area contributed by atoms with Gasteiger partial charge in [0.25, 0.3) is 0 Å². The van der Waals surface area contributed by atoms with E-state index in [-0.39, 0.29) is 18.6 Å². The van der Waals surface area contributed by atoms with Gasteiger partial charge in [-0.3, -0.25) is 24.0 Å². The lowest BCUT2D eigenvalue weighted by Gasteiger charge is -2.39. The van der Waals surface area contributed by atoms with Crippen LogP contribution in [0.3, 0.4) is 0 Å². The first-order valence-electron chi connectivity index (χ1n) is 16.5. The van der Waals surface area contributed by atoms with Crippen molar-refractivity contribution in [1.29, 1.82) is 0 Å². The van der Waals surface area contributed by atoms with Crippen LogP contribution in [0.5, 0.6) is 0 Å². The van der Waals surface area contributed by atoms with Crippen molar-refractivity contribution >= 4 is 29.7 Å². The maximum absolute atomic E-state index is 13.8. The lowest BCUT2D eigenvalue weighted by molar-refractivity contribution is -0.157. The summed E-state index contributed by atoms with van der Waals surface area (Å²) in [4.78, 5) is 64.4. The number of carbonyl (C=O) groups is 5. The molecule has 1 aromatic rings. The summed E-state index contributed by atoms with van der Waals surface area (Å²) < 4.78 is 9.93. The number of cyclic esters (lactones) is 4. The Hall–Kier alpha value is -2.83. The molecule has 1 aliphatic carbocycles. The summed E-state index contributed by atoms with van der Waals surface area (Å²) in [5.74, 6) is -7.12. The van der Waals surface area contributed by atoms with E-state index in [2.05, 4.69) is 6.92 Å². The fraction of sp³-hybridized carbons (Fsp3) is 0.686. The minimum Gasteiger partial charge on any atom is -0.393 e. The van der Waals surface area contributed by atoms with Crippen LogP contribution in [0.2, 0.25) is 0 Å². The van der Waals surface area contributed by atoms with Gasteiger partial charge in [0, 0.05) is 18.3 Å². The maximum Gasteiger partial charge on any atom is 0.321 e. The van der Waals surface area contributed by atoms with Crippen LogP contribution in [0, 0.1) is 24.7 Å². The van der Waals surface area contributed by atoms with Crippen molar-refractivity contribution in [1.82, 2.24) is 0 Å². The van der Waals surface area contributed by atoms with E-state index in [1.54, 1.807) is 0 Å². The topological polar surface area (TPSA) is 104 Å². The normalized spacial score (nSPS) is 24.9. The number of fused-ring (bicyclic) bond motifs is 3. The van der Waals surface area contributed by atoms with Crippen LogP contribution in [0.25, 0.3) is 0 Å². The standard InChI is InChI=1S/C35H48O7/c1-3-4-5-6-7-8-9-10-11-12-13-14-15-16-17-18-27(36)31-29(26-22-28(37)41-33(26)38)24-20-19-23(2)21-25(24)30-32(31)35(40)42-34(30)39/h19-21,26,29-32H,3-18,22H2,1-2H3. The summed E-state index contributed by atoms with van der Waals surface area (Å²) in [6.07, 6.45) is 18.5. The molecule has 42 heavy (non-hydrogen) atoms. The van der Waals surface area contributed by atoms with E-state index in [1.165, 1.54) is 70.6 Å². The van der Waals surface area contributed by atoms with Gasteiger partial charge in [-0.1, -0.05) is 121 Å². The summed E-state index contributed by atoms with van der Waals surface area (Å²) in [6, 6.07) is 5.52. The van der Waals surface area contributed by atoms with E-state index in [0.717, 1.165) is 24.8 Å². The second-order valence-corrected chi connectivity index (χ2v) is 12.7. The molecule has 2 fully saturated rings. The Kier molecular flexibility index (Phi) is 11.9. The van der Waals surface area contributed by atoms with Gasteiger partial charge < -0.3 is 9.47 Å². The fourth-order valence-corrected chi connectivity index (χ4v) is 7.34. The van der Waals surface area contributed by atoms with Crippen molar-refractivity contribution in [3.63, 3.8) is 0 Å². The van der Waals surface area contributed by atoms with Crippen molar-refractivity contribution in [2.24, 2.45) is 17.8 Å². The summed E-state index contributed by atoms with van der Waals surface area (Å²) in [5.41, 5.74) is 2.18. The van der Waals surface area contributed by atoms with E-state index in [4.69, 9.17) is 9.47 Å². The minimum absolute atomic E-state index is 0.139. The molecule has 0 aromatic heterocycles. The number of ether oxygens (including phenoxy) is 2. The van der Waals surface area contributed by atoms with Crippen LogP contribution in [-0.4, -0.2) is 29.7 Å². The molecule has 0 spiro atoms. The number of carbonyl (C=O) groups excluding carboxylic acids is 5. The predicted octanol–water partition coefficient (Wildman–Crippen LogP) is 7.41. The molecule has 0 radical (unpaired) electrons. The second-order valence-electron chi connectivity index (χ2n) is 12.7. The molecule has 0 amide bonds. The molecule has 230 valence electrons. The van der Waals surface area contributed by atoms with Gasteiger partial charge in [0.05, 0.1) is 24.2 Å². The van der Waals surface area contributed by atoms with Gasteiger partial charge in [0.1, 0.15) is 5.78 Å².